The first-order valence-electron chi connectivity index (χ1n) is 9.47. The predicted molar refractivity (Wildman–Crippen MR) is 108 cm³/mol. The van der Waals surface area contributed by atoms with Crippen molar-refractivity contribution in [2.24, 2.45) is 0 Å². The first kappa shape index (κ1) is 19.9. The Balaban J connectivity index is 1.62. The summed E-state index contributed by atoms with van der Waals surface area (Å²) < 4.78 is 11.4. The van der Waals surface area contributed by atoms with Gasteiger partial charge >= 0.3 is 0 Å². The molecule has 1 fully saturated rings. The zero-order chi connectivity index (χ0) is 19.9. The summed E-state index contributed by atoms with van der Waals surface area (Å²) in [5, 5.41) is 2.88. The van der Waals surface area contributed by atoms with Gasteiger partial charge in [0.25, 0.3) is 5.91 Å². The van der Waals surface area contributed by atoms with E-state index in [1.54, 1.807) is 43.3 Å². The summed E-state index contributed by atoms with van der Waals surface area (Å²) in [5.74, 6) is 0.345. The van der Waals surface area contributed by atoms with E-state index in [1.165, 1.54) is 0 Å². The first-order chi connectivity index (χ1) is 13.5. The molecule has 1 unspecified atom stereocenters. The molecule has 1 atom stereocenters. The largest absolute Gasteiger partial charge is 0.490 e. The number of carbonyl (C=O) groups is 2. The van der Waals surface area contributed by atoms with Gasteiger partial charge in [0.05, 0.1) is 18.1 Å². The van der Waals surface area contributed by atoms with Crippen LogP contribution in [0, 0.1) is 0 Å². The van der Waals surface area contributed by atoms with E-state index in [0.29, 0.717) is 30.0 Å². The van der Waals surface area contributed by atoms with Crippen LogP contribution >= 0.6 is 0 Å². The van der Waals surface area contributed by atoms with Crippen LogP contribution in [0.15, 0.2) is 48.5 Å². The van der Waals surface area contributed by atoms with Crippen LogP contribution in [0.3, 0.4) is 0 Å². The minimum Gasteiger partial charge on any atom is -0.490 e. The molecule has 2 aromatic rings. The Morgan fingerprint density at radius 1 is 1.14 bits per heavy atom. The van der Waals surface area contributed by atoms with Crippen LogP contribution in [0.1, 0.15) is 28.8 Å². The van der Waals surface area contributed by atoms with Crippen LogP contribution in [0.2, 0.25) is 0 Å². The molecule has 0 aliphatic carbocycles. The molecule has 2 amide bonds. The van der Waals surface area contributed by atoms with Crippen molar-refractivity contribution in [2.45, 2.75) is 25.4 Å². The standard InChI is InChI=1S/C22H26N2O4/c1-24(2)21(25)14-16-9-11-17(12-10-16)23-22(26)19-7-3-4-8-20(19)28-15-18-6-5-13-27-18/h3-4,7-12,18H,5-6,13-15H2,1-2H3,(H,23,26). The number of hydrogen-bond acceptors (Lipinski definition) is 4. The van der Waals surface area contributed by atoms with Crippen LogP contribution < -0.4 is 10.1 Å². The summed E-state index contributed by atoms with van der Waals surface area (Å²) in [4.78, 5) is 26.0. The highest BCUT2D eigenvalue weighted by Crippen LogP contribution is 2.22. The number of anilines is 1. The van der Waals surface area contributed by atoms with Crippen molar-refractivity contribution < 1.29 is 19.1 Å². The van der Waals surface area contributed by atoms with E-state index in [2.05, 4.69) is 5.32 Å². The summed E-state index contributed by atoms with van der Waals surface area (Å²) >= 11 is 0. The minimum absolute atomic E-state index is 0.0362. The van der Waals surface area contributed by atoms with Crippen LogP contribution in [-0.4, -0.2) is 50.1 Å². The molecular formula is C22H26N2O4. The molecule has 2 aromatic carbocycles. The Morgan fingerprint density at radius 3 is 2.57 bits per heavy atom. The van der Waals surface area contributed by atoms with Gasteiger partial charge in [0.2, 0.25) is 5.91 Å². The lowest BCUT2D eigenvalue weighted by Crippen LogP contribution is -2.23. The van der Waals surface area contributed by atoms with E-state index in [-0.39, 0.29) is 17.9 Å². The lowest BCUT2D eigenvalue weighted by atomic mass is 10.1. The number of nitrogens with zero attached hydrogens (tertiary/aromatic N) is 1. The average Bonchev–Trinajstić information content (AvgIpc) is 3.21. The zero-order valence-electron chi connectivity index (χ0n) is 16.3. The van der Waals surface area contributed by atoms with Gasteiger partial charge in [0.15, 0.2) is 0 Å². The van der Waals surface area contributed by atoms with Crippen LogP contribution in [0.4, 0.5) is 5.69 Å². The number of benzene rings is 2. The van der Waals surface area contributed by atoms with Crippen molar-refractivity contribution in [2.75, 3.05) is 32.6 Å². The maximum Gasteiger partial charge on any atom is 0.259 e. The molecule has 6 nitrogen and oxygen atoms in total. The Morgan fingerprint density at radius 2 is 1.89 bits per heavy atom. The molecule has 3 rings (SSSR count). The van der Waals surface area contributed by atoms with Crippen LogP contribution in [-0.2, 0) is 16.0 Å². The van der Waals surface area contributed by atoms with Gasteiger partial charge in [-0.1, -0.05) is 24.3 Å². The third kappa shape index (κ3) is 5.33. The molecule has 148 valence electrons. The van der Waals surface area contributed by atoms with E-state index in [0.717, 1.165) is 25.0 Å². The fourth-order valence-electron chi connectivity index (χ4n) is 2.98. The SMILES string of the molecule is CN(C)C(=O)Cc1ccc(NC(=O)c2ccccc2OCC2CCCO2)cc1. The van der Waals surface area contributed by atoms with Gasteiger partial charge in [0.1, 0.15) is 12.4 Å². The molecular weight excluding hydrogens is 356 g/mol. The Hall–Kier alpha value is -2.86. The summed E-state index contributed by atoms with van der Waals surface area (Å²) in [6, 6.07) is 14.5. The monoisotopic (exact) mass is 382 g/mol. The van der Waals surface area contributed by atoms with Crippen LogP contribution in [0.25, 0.3) is 0 Å². The molecule has 0 aromatic heterocycles. The highest BCUT2D eigenvalue weighted by Gasteiger charge is 2.18. The van der Waals surface area contributed by atoms with E-state index in [9.17, 15) is 9.59 Å². The lowest BCUT2D eigenvalue weighted by molar-refractivity contribution is -0.127. The zero-order valence-corrected chi connectivity index (χ0v) is 16.3. The Kier molecular flexibility index (Phi) is 6.66. The molecule has 0 bridgehead atoms. The highest BCUT2D eigenvalue weighted by molar-refractivity contribution is 6.06. The second-order valence-electron chi connectivity index (χ2n) is 7.06. The second kappa shape index (κ2) is 9.37. The van der Waals surface area contributed by atoms with Crippen molar-refractivity contribution in [3.05, 3.63) is 59.7 Å². The first-order valence-corrected chi connectivity index (χ1v) is 9.47. The number of rotatable bonds is 7. The topological polar surface area (TPSA) is 67.9 Å². The summed E-state index contributed by atoms with van der Waals surface area (Å²) in [6.07, 6.45) is 2.46. The lowest BCUT2D eigenvalue weighted by Gasteiger charge is -2.15. The van der Waals surface area contributed by atoms with Crippen molar-refractivity contribution in [1.29, 1.82) is 0 Å². The van der Waals surface area contributed by atoms with Crippen molar-refractivity contribution in [3.63, 3.8) is 0 Å². The molecule has 1 N–H and O–H groups in total. The summed E-state index contributed by atoms with van der Waals surface area (Å²) in [7, 11) is 3.46. The summed E-state index contributed by atoms with van der Waals surface area (Å²) in [6.45, 7) is 1.21. The number of likely N-dealkylation sites (N-methyl/N-ethyl adjacent to an activating group) is 1. The number of ether oxygens (including phenoxy) is 2. The van der Waals surface area contributed by atoms with E-state index >= 15 is 0 Å². The van der Waals surface area contributed by atoms with Gasteiger partial charge in [-0.2, -0.15) is 0 Å². The fourth-order valence-corrected chi connectivity index (χ4v) is 2.98. The molecule has 0 saturated carbocycles. The van der Waals surface area contributed by atoms with Crippen LogP contribution in [0.5, 0.6) is 5.75 Å². The third-order valence-corrected chi connectivity index (χ3v) is 4.65. The van der Waals surface area contributed by atoms with Gasteiger partial charge in [-0.25, -0.2) is 0 Å². The highest BCUT2D eigenvalue weighted by atomic mass is 16.5. The molecule has 1 saturated heterocycles. The molecule has 28 heavy (non-hydrogen) atoms. The van der Waals surface area contributed by atoms with E-state index < -0.39 is 0 Å². The number of amides is 2. The van der Waals surface area contributed by atoms with Crippen molar-refractivity contribution in [1.82, 2.24) is 4.90 Å². The molecule has 0 radical (unpaired) electrons. The third-order valence-electron chi connectivity index (χ3n) is 4.65. The number of hydrogen-bond donors (Lipinski definition) is 1. The summed E-state index contributed by atoms with van der Waals surface area (Å²) in [5.41, 5.74) is 2.05. The Bertz CT molecular complexity index is 812. The van der Waals surface area contributed by atoms with Crippen molar-refractivity contribution >= 4 is 17.5 Å². The normalized spacial score (nSPS) is 15.9. The van der Waals surface area contributed by atoms with Gasteiger partial charge in [0, 0.05) is 26.4 Å². The molecule has 1 aliphatic rings. The molecule has 6 heteroatoms. The number of carbonyl (C=O) groups excluding carboxylic acids is 2. The van der Waals surface area contributed by atoms with Gasteiger partial charge in [-0.3, -0.25) is 9.59 Å². The quantitative estimate of drug-likeness (QED) is 0.799. The van der Waals surface area contributed by atoms with Gasteiger partial charge < -0.3 is 19.7 Å². The van der Waals surface area contributed by atoms with E-state index in [1.807, 2.05) is 24.3 Å². The maximum absolute atomic E-state index is 12.7. The van der Waals surface area contributed by atoms with Gasteiger partial charge in [-0.15, -0.1) is 0 Å². The molecule has 1 heterocycles. The molecule has 1 aliphatic heterocycles. The van der Waals surface area contributed by atoms with E-state index in [4.69, 9.17) is 9.47 Å². The smallest absolute Gasteiger partial charge is 0.259 e. The predicted octanol–water partition coefficient (Wildman–Crippen LogP) is 3.13. The number of para-hydroxylation sites is 1. The van der Waals surface area contributed by atoms with Gasteiger partial charge in [-0.05, 0) is 42.7 Å². The fraction of sp³-hybridized carbons (Fsp3) is 0.364. The van der Waals surface area contributed by atoms with Crippen molar-refractivity contribution in [3.8, 4) is 5.75 Å². The molecule has 0 spiro atoms. The Labute approximate surface area is 165 Å². The second-order valence-corrected chi connectivity index (χ2v) is 7.06. The number of nitrogens with one attached hydrogen (secondary N) is 1. The average molecular weight is 382 g/mol. The maximum atomic E-state index is 12.7. The minimum atomic E-state index is -0.236.